The minimum atomic E-state index is 0.180. The van der Waals surface area contributed by atoms with Crippen LogP contribution in [0.4, 0.5) is 0 Å². The van der Waals surface area contributed by atoms with Crippen molar-refractivity contribution in [2.75, 3.05) is 0 Å². The summed E-state index contributed by atoms with van der Waals surface area (Å²) in [7, 11) is 0. The zero-order chi connectivity index (χ0) is 16.0. The number of amides is 1. The predicted molar refractivity (Wildman–Crippen MR) is 91.9 cm³/mol. The van der Waals surface area contributed by atoms with Crippen molar-refractivity contribution in [3.05, 3.63) is 34.9 Å². The molecule has 4 rings (SSSR count). The van der Waals surface area contributed by atoms with Crippen molar-refractivity contribution in [1.29, 1.82) is 0 Å². The van der Waals surface area contributed by atoms with Crippen molar-refractivity contribution < 1.29 is 4.79 Å². The van der Waals surface area contributed by atoms with Gasteiger partial charge in [-0.25, -0.2) is 0 Å². The molecule has 3 nitrogen and oxygen atoms in total. The van der Waals surface area contributed by atoms with Gasteiger partial charge in [0, 0.05) is 12.0 Å². The lowest BCUT2D eigenvalue weighted by atomic mass is 9.65. The van der Waals surface area contributed by atoms with Crippen molar-refractivity contribution in [1.82, 2.24) is 5.32 Å². The van der Waals surface area contributed by atoms with E-state index in [9.17, 15) is 4.79 Å². The SMILES string of the molecule is Cc1ccc2c(c1)CCC2NC(=O)C1CC2CCCC(C1)C2N. The van der Waals surface area contributed by atoms with Gasteiger partial charge in [-0.1, -0.05) is 30.2 Å². The first-order chi connectivity index (χ1) is 11.1. The molecule has 0 spiro atoms. The van der Waals surface area contributed by atoms with Gasteiger partial charge in [0.1, 0.15) is 0 Å². The molecule has 3 aliphatic carbocycles. The Morgan fingerprint density at radius 3 is 2.65 bits per heavy atom. The highest BCUT2D eigenvalue weighted by Crippen LogP contribution is 2.42. The molecule has 1 aromatic carbocycles. The van der Waals surface area contributed by atoms with Crippen LogP contribution >= 0.6 is 0 Å². The van der Waals surface area contributed by atoms with E-state index in [0.717, 1.165) is 25.7 Å². The van der Waals surface area contributed by atoms with Gasteiger partial charge in [0.15, 0.2) is 0 Å². The van der Waals surface area contributed by atoms with Crippen molar-refractivity contribution in [3.63, 3.8) is 0 Å². The molecule has 3 heteroatoms. The largest absolute Gasteiger partial charge is 0.349 e. The number of carbonyl (C=O) groups excluding carboxylic acids is 1. The molecule has 0 aromatic heterocycles. The van der Waals surface area contributed by atoms with E-state index in [-0.39, 0.29) is 17.9 Å². The van der Waals surface area contributed by atoms with Gasteiger partial charge in [-0.3, -0.25) is 4.79 Å². The molecule has 0 aliphatic heterocycles. The number of rotatable bonds is 2. The summed E-state index contributed by atoms with van der Waals surface area (Å²) >= 11 is 0. The normalized spacial score (nSPS) is 35.7. The number of hydrogen-bond acceptors (Lipinski definition) is 2. The zero-order valence-electron chi connectivity index (χ0n) is 14.1. The molecular weight excluding hydrogens is 284 g/mol. The van der Waals surface area contributed by atoms with Crippen molar-refractivity contribution in [3.8, 4) is 0 Å². The van der Waals surface area contributed by atoms with E-state index in [1.807, 2.05) is 0 Å². The second-order valence-electron chi connectivity index (χ2n) is 8.00. The molecular formula is C20H28N2O. The Morgan fingerprint density at radius 2 is 1.91 bits per heavy atom. The van der Waals surface area contributed by atoms with Gasteiger partial charge in [-0.2, -0.15) is 0 Å². The fourth-order valence-electron chi connectivity index (χ4n) is 5.19. The Kier molecular flexibility index (Phi) is 3.92. The third-order valence-electron chi connectivity index (χ3n) is 6.48. The van der Waals surface area contributed by atoms with E-state index in [1.54, 1.807) is 0 Å². The van der Waals surface area contributed by atoms with Crippen molar-refractivity contribution in [2.45, 2.75) is 64.0 Å². The maximum Gasteiger partial charge on any atom is 0.223 e. The summed E-state index contributed by atoms with van der Waals surface area (Å²) in [4.78, 5) is 12.8. The monoisotopic (exact) mass is 312 g/mol. The van der Waals surface area contributed by atoms with Crippen LogP contribution in [-0.2, 0) is 11.2 Å². The molecule has 2 saturated carbocycles. The standard InChI is InChI=1S/C20H28N2O/c1-12-5-7-17-13(9-12)6-8-18(17)22-20(23)16-10-14-3-2-4-15(11-16)19(14)21/h5,7,9,14-16,18-19H,2-4,6,8,10-11,21H2,1H3,(H,22,23). The van der Waals surface area contributed by atoms with Crippen LogP contribution in [0, 0.1) is 24.7 Å². The highest BCUT2D eigenvalue weighted by Gasteiger charge is 2.41. The predicted octanol–water partition coefficient (Wildman–Crippen LogP) is 3.25. The highest BCUT2D eigenvalue weighted by atomic mass is 16.1. The Morgan fingerprint density at radius 1 is 1.17 bits per heavy atom. The zero-order valence-corrected chi connectivity index (χ0v) is 14.1. The first-order valence-corrected chi connectivity index (χ1v) is 9.27. The number of nitrogens with one attached hydrogen (secondary N) is 1. The van der Waals surface area contributed by atoms with Gasteiger partial charge < -0.3 is 11.1 Å². The summed E-state index contributed by atoms with van der Waals surface area (Å²) in [5.41, 5.74) is 10.4. The van der Waals surface area contributed by atoms with E-state index in [1.165, 1.54) is 36.0 Å². The lowest BCUT2D eigenvalue weighted by Crippen LogP contribution is -2.49. The summed E-state index contributed by atoms with van der Waals surface area (Å²) in [6.07, 6.45) is 7.85. The highest BCUT2D eigenvalue weighted by molar-refractivity contribution is 5.79. The molecule has 0 heterocycles. The maximum atomic E-state index is 12.8. The number of carbonyl (C=O) groups is 1. The van der Waals surface area contributed by atoms with Crippen LogP contribution in [0.15, 0.2) is 18.2 Å². The molecule has 2 bridgehead atoms. The Bertz CT molecular complexity index is 598. The van der Waals surface area contributed by atoms with Crippen molar-refractivity contribution >= 4 is 5.91 Å². The van der Waals surface area contributed by atoms with Crippen LogP contribution in [0.5, 0.6) is 0 Å². The van der Waals surface area contributed by atoms with Gasteiger partial charge >= 0.3 is 0 Å². The topological polar surface area (TPSA) is 55.1 Å². The molecule has 3 atom stereocenters. The van der Waals surface area contributed by atoms with E-state index >= 15 is 0 Å². The van der Waals surface area contributed by atoms with Crippen LogP contribution in [0.1, 0.15) is 61.3 Å². The first kappa shape index (κ1) is 15.2. The van der Waals surface area contributed by atoms with E-state index in [2.05, 4.69) is 30.4 Å². The fourth-order valence-corrected chi connectivity index (χ4v) is 5.19. The molecule has 23 heavy (non-hydrogen) atoms. The first-order valence-electron chi connectivity index (χ1n) is 9.27. The molecule has 0 radical (unpaired) electrons. The van der Waals surface area contributed by atoms with E-state index < -0.39 is 0 Å². The molecule has 1 amide bonds. The summed E-state index contributed by atoms with van der Waals surface area (Å²) in [5.74, 6) is 1.58. The summed E-state index contributed by atoms with van der Waals surface area (Å²) in [6.45, 7) is 2.14. The van der Waals surface area contributed by atoms with Crippen LogP contribution in [-0.4, -0.2) is 11.9 Å². The summed E-state index contributed by atoms with van der Waals surface area (Å²) < 4.78 is 0. The second-order valence-corrected chi connectivity index (χ2v) is 8.00. The smallest absolute Gasteiger partial charge is 0.223 e. The van der Waals surface area contributed by atoms with Gasteiger partial charge in [-0.15, -0.1) is 0 Å². The minimum Gasteiger partial charge on any atom is -0.349 e. The Hall–Kier alpha value is -1.35. The van der Waals surface area contributed by atoms with E-state index in [4.69, 9.17) is 5.73 Å². The second kappa shape index (κ2) is 5.94. The van der Waals surface area contributed by atoms with Crippen LogP contribution in [0.3, 0.4) is 0 Å². The van der Waals surface area contributed by atoms with Crippen LogP contribution in [0.25, 0.3) is 0 Å². The maximum absolute atomic E-state index is 12.8. The Balaban J connectivity index is 1.43. The summed E-state index contributed by atoms with van der Waals surface area (Å²) in [6, 6.07) is 7.18. The number of hydrogen-bond donors (Lipinski definition) is 2. The number of aryl methyl sites for hydroxylation is 2. The molecule has 3 aliphatic rings. The molecule has 2 fully saturated rings. The number of benzene rings is 1. The molecule has 1 aromatic rings. The number of nitrogens with two attached hydrogens (primary N) is 1. The minimum absolute atomic E-state index is 0.180. The Labute approximate surface area is 139 Å². The molecule has 3 unspecified atom stereocenters. The average Bonchev–Trinajstić information content (AvgIpc) is 2.89. The molecule has 3 N–H and O–H groups in total. The third-order valence-corrected chi connectivity index (χ3v) is 6.48. The quantitative estimate of drug-likeness (QED) is 0.881. The van der Waals surface area contributed by atoms with Gasteiger partial charge in [0.25, 0.3) is 0 Å². The lowest BCUT2D eigenvalue weighted by Gasteiger charge is -2.43. The average molecular weight is 312 g/mol. The van der Waals surface area contributed by atoms with Crippen molar-refractivity contribution in [2.24, 2.45) is 23.5 Å². The third kappa shape index (κ3) is 2.80. The molecule has 124 valence electrons. The van der Waals surface area contributed by atoms with Gasteiger partial charge in [0.2, 0.25) is 5.91 Å². The van der Waals surface area contributed by atoms with Gasteiger partial charge in [-0.05, 0) is 68.4 Å². The molecule has 0 saturated heterocycles. The lowest BCUT2D eigenvalue weighted by molar-refractivity contribution is -0.128. The van der Waals surface area contributed by atoms with E-state index in [0.29, 0.717) is 17.9 Å². The van der Waals surface area contributed by atoms with Gasteiger partial charge in [0.05, 0.1) is 6.04 Å². The fraction of sp³-hybridized carbons (Fsp3) is 0.650. The van der Waals surface area contributed by atoms with Crippen LogP contribution < -0.4 is 11.1 Å². The summed E-state index contributed by atoms with van der Waals surface area (Å²) in [5, 5.41) is 3.35. The van der Waals surface area contributed by atoms with Crippen LogP contribution in [0.2, 0.25) is 0 Å². The number of fused-ring (bicyclic) bond motifs is 3.